The van der Waals surface area contributed by atoms with Gasteiger partial charge in [0.15, 0.2) is 0 Å². The Balaban J connectivity index is 1.53. The Morgan fingerprint density at radius 2 is 1.96 bits per heavy atom. The van der Waals surface area contributed by atoms with Crippen LogP contribution in [0.15, 0.2) is 41.7 Å². The summed E-state index contributed by atoms with van der Waals surface area (Å²) in [6, 6.07) is 8.54. The van der Waals surface area contributed by atoms with Crippen molar-refractivity contribution in [1.29, 1.82) is 0 Å². The van der Waals surface area contributed by atoms with Crippen LogP contribution in [0.2, 0.25) is 0 Å². The summed E-state index contributed by atoms with van der Waals surface area (Å²) in [6.45, 7) is 0.572. The first-order chi connectivity index (χ1) is 11.7. The molecule has 0 fully saturated rings. The third-order valence-electron chi connectivity index (χ3n) is 3.73. The minimum absolute atomic E-state index is 0.154. The van der Waals surface area contributed by atoms with E-state index in [4.69, 9.17) is 10.5 Å². The predicted molar refractivity (Wildman–Crippen MR) is 91.2 cm³/mol. The van der Waals surface area contributed by atoms with Gasteiger partial charge in [-0.05, 0) is 36.1 Å². The molecule has 3 N–H and O–H groups in total. The zero-order chi connectivity index (χ0) is 16.8. The number of hydrogen-bond donors (Lipinski definition) is 2. The summed E-state index contributed by atoms with van der Waals surface area (Å²) in [4.78, 5) is 23.0. The number of rotatable bonds is 7. The van der Waals surface area contributed by atoms with E-state index in [0.717, 1.165) is 30.4 Å². The largest absolute Gasteiger partial charge is 0.463 e. The topological polar surface area (TPSA) is 102 Å². The maximum Gasteiger partial charge on any atom is 0.282 e. The van der Waals surface area contributed by atoms with Gasteiger partial charge in [0.25, 0.3) is 6.02 Å². The van der Waals surface area contributed by atoms with E-state index in [1.807, 2.05) is 12.1 Å². The van der Waals surface area contributed by atoms with E-state index in [2.05, 4.69) is 32.4 Å². The molecule has 24 heavy (non-hydrogen) atoms. The van der Waals surface area contributed by atoms with Gasteiger partial charge in [-0.2, -0.15) is 0 Å². The Bertz CT molecular complexity index is 713. The number of carbonyl (C=O) groups is 1. The molecule has 1 aromatic carbocycles. The second-order valence-corrected chi connectivity index (χ2v) is 5.58. The highest BCUT2D eigenvalue weighted by Crippen LogP contribution is 2.16. The Labute approximate surface area is 140 Å². The van der Waals surface area contributed by atoms with Gasteiger partial charge in [0.2, 0.25) is 5.95 Å². The molecule has 124 valence electrons. The highest BCUT2D eigenvalue weighted by molar-refractivity contribution is 5.73. The molecule has 2 aromatic rings. The van der Waals surface area contributed by atoms with Crippen molar-refractivity contribution in [3.8, 4) is 0 Å². The molecule has 2 heterocycles. The zero-order valence-corrected chi connectivity index (χ0v) is 13.2. The summed E-state index contributed by atoms with van der Waals surface area (Å²) in [5, 5.41) is 3.13. The van der Waals surface area contributed by atoms with Crippen LogP contribution in [0.4, 0.5) is 11.6 Å². The van der Waals surface area contributed by atoms with Crippen LogP contribution in [0.1, 0.15) is 17.5 Å². The number of aliphatic imine (C=N–C) groups is 1. The number of carbonyl (C=O) groups excluding carboxylic acids is 1. The molecule has 0 bridgehead atoms. The van der Waals surface area contributed by atoms with Gasteiger partial charge >= 0.3 is 0 Å². The van der Waals surface area contributed by atoms with Crippen LogP contribution < -0.4 is 11.1 Å². The maximum absolute atomic E-state index is 10.4. The molecule has 0 saturated carbocycles. The van der Waals surface area contributed by atoms with Crippen LogP contribution in [0.25, 0.3) is 0 Å². The summed E-state index contributed by atoms with van der Waals surface area (Å²) in [7, 11) is 0. The number of aldehydes is 1. The number of aromatic nitrogens is 2. The van der Waals surface area contributed by atoms with Gasteiger partial charge in [-0.3, -0.25) is 0 Å². The summed E-state index contributed by atoms with van der Waals surface area (Å²) in [5.41, 5.74) is 8.44. The number of ether oxygens (including phenoxy) is 1. The molecule has 3 rings (SSSR count). The summed E-state index contributed by atoms with van der Waals surface area (Å²) in [6.07, 6.45) is 6.29. The Kier molecular flexibility index (Phi) is 5.00. The fourth-order valence-corrected chi connectivity index (χ4v) is 2.42. The van der Waals surface area contributed by atoms with Gasteiger partial charge in [-0.15, -0.1) is 0 Å². The molecular weight excluding hydrogens is 306 g/mol. The lowest BCUT2D eigenvalue weighted by molar-refractivity contribution is -0.107. The third-order valence-corrected chi connectivity index (χ3v) is 3.73. The van der Waals surface area contributed by atoms with Crippen LogP contribution >= 0.6 is 0 Å². The van der Waals surface area contributed by atoms with Crippen molar-refractivity contribution in [2.75, 3.05) is 11.9 Å². The summed E-state index contributed by atoms with van der Waals surface area (Å²) < 4.78 is 5.15. The van der Waals surface area contributed by atoms with Crippen LogP contribution in [0.5, 0.6) is 0 Å². The number of benzene rings is 1. The van der Waals surface area contributed by atoms with Crippen molar-refractivity contribution in [2.45, 2.75) is 25.3 Å². The van der Waals surface area contributed by atoms with Crippen LogP contribution in [-0.2, 0) is 22.4 Å². The number of nitrogens with zero attached hydrogens (tertiary/aromatic N) is 3. The Morgan fingerprint density at radius 1 is 1.21 bits per heavy atom. The van der Waals surface area contributed by atoms with Crippen molar-refractivity contribution in [3.05, 3.63) is 47.8 Å². The molecule has 0 spiro atoms. The molecule has 1 aliphatic heterocycles. The molecule has 0 saturated heterocycles. The van der Waals surface area contributed by atoms with Gasteiger partial charge in [0.1, 0.15) is 12.9 Å². The average Bonchev–Trinajstić information content (AvgIpc) is 3.02. The van der Waals surface area contributed by atoms with Gasteiger partial charge < -0.3 is 20.6 Å². The number of amidine groups is 1. The van der Waals surface area contributed by atoms with Gasteiger partial charge in [-0.1, -0.05) is 12.1 Å². The molecule has 1 aromatic heterocycles. The van der Waals surface area contributed by atoms with Gasteiger partial charge in [-0.25, -0.2) is 15.0 Å². The SMILES string of the molecule is NC1=N[C@@H](CCc2ccc(Nc3ncc(CC=O)cn3)cc2)CO1. The van der Waals surface area contributed by atoms with Crippen LogP contribution in [0.3, 0.4) is 0 Å². The predicted octanol–water partition coefficient (Wildman–Crippen LogP) is 1.61. The molecule has 0 aliphatic carbocycles. The second kappa shape index (κ2) is 7.54. The normalized spacial score (nSPS) is 16.3. The lowest BCUT2D eigenvalue weighted by atomic mass is 10.1. The Hall–Kier alpha value is -2.96. The molecule has 7 nitrogen and oxygen atoms in total. The first-order valence-corrected chi connectivity index (χ1v) is 7.79. The molecule has 7 heteroatoms. The standard InChI is InChI=1S/C17H19N5O2/c18-16-21-15(11-24-16)6-3-12-1-4-14(5-2-12)22-17-19-9-13(7-8-23)10-20-17/h1-2,4-5,8-10,15H,3,6-7,11H2,(H2,18,21)(H,19,20,22)/t15-/m0/s1. The minimum Gasteiger partial charge on any atom is -0.463 e. The van der Waals surface area contributed by atoms with Crippen molar-refractivity contribution in [1.82, 2.24) is 9.97 Å². The van der Waals surface area contributed by atoms with E-state index in [1.54, 1.807) is 12.4 Å². The van der Waals surface area contributed by atoms with Gasteiger partial charge in [0.05, 0.1) is 6.04 Å². The Morgan fingerprint density at radius 3 is 2.58 bits per heavy atom. The number of nitrogens with one attached hydrogen (secondary N) is 1. The quantitative estimate of drug-likeness (QED) is 0.750. The monoisotopic (exact) mass is 325 g/mol. The fourth-order valence-electron chi connectivity index (χ4n) is 2.42. The molecule has 1 atom stereocenters. The number of hydrogen-bond acceptors (Lipinski definition) is 7. The smallest absolute Gasteiger partial charge is 0.282 e. The average molecular weight is 325 g/mol. The van der Waals surface area contributed by atoms with E-state index in [0.29, 0.717) is 25.0 Å². The van der Waals surface area contributed by atoms with Crippen molar-refractivity contribution < 1.29 is 9.53 Å². The molecule has 1 aliphatic rings. The third kappa shape index (κ3) is 4.28. The molecule has 0 amide bonds. The number of aryl methyl sites for hydroxylation is 1. The summed E-state index contributed by atoms with van der Waals surface area (Å²) >= 11 is 0. The van der Waals surface area contributed by atoms with Crippen molar-refractivity contribution in [3.63, 3.8) is 0 Å². The fraction of sp³-hybridized carbons (Fsp3) is 0.294. The molecular formula is C17H19N5O2. The van der Waals surface area contributed by atoms with Gasteiger partial charge in [0, 0.05) is 24.5 Å². The van der Waals surface area contributed by atoms with Crippen molar-refractivity contribution >= 4 is 23.9 Å². The lowest BCUT2D eigenvalue weighted by Crippen LogP contribution is -2.10. The summed E-state index contributed by atoms with van der Waals surface area (Å²) in [5.74, 6) is 0.505. The highest BCUT2D eigenvalue weighted by Gasteiger charge is 2.16. The van der Waals surface area contributed by atoms with Crippen molar-refractivity contribution in [2.24, 2.45) is 10.7 Å². The zero-order valence-electron chi connectivity index (χ0n) is 13.2. The van der Waals surface area contributed by atoms with E-state index < -0.39 is 0 Å². The lowest BCUT2D eigenvalue weighted by Gasteiger charge is -2.08. The van der Waals surface area contributed by atoms with Crippen LogP contribution in [-0.4, -0.2) is 34.9 Å². The minimum atomic E-state index is 0.154. The van der Waals surface area contributed by atoms with E-state index >= 15 is 0 Å². The first kappa shape index (κ1) is 15.9. The second-order valence-electron chi connectivity index (χ2n) is 5.58. The maximum atomic E-state index is 10.4. The van der Waals surface area contributed by atoms with E-state index in [9.17, 15) is 4.79 Å². The van der Waals surface area contributed by atoms with Crippen LogP contribution in [0, 0.1) is 0 Å². The number of nitrogens with two attached hydrogens (primary N) is 1. The first-order valence-electron chi connectivity index (χ1n) is 7.79. The van der Waals surface area contributed by atoms with E-state index in [-0.39, 0.29) is 6.04 Å². The van der Waals surface area contributed by atoms with E-state index in [1.165, 1.54) is 5.56 Å². The number of anilines is 2. The molecule has 0 radical (unpaired) electrons. The highest BCUT2D eigenvalue weighted by atomic mass is 16.5. The molecule has 0 unspecified atom stereocenters.